The van der Waals surface area contributed by atoms with Crippen molar-refractivity contribution in [2.24, 2.45) is 5.73 Å². The quantitative estimate of drug-likeness (QED) is 0.571. The lowest BCUT2D eigenvalue weighted by Gasteiger charge is -2.28. The van der Waals surface area contributed by atoms with Crippen molar-refractivity contribution in [2.75, 3.05) is 13.2 Å². The second-order valence-electron chi connectivity index (χ2n) is 5.16. The first-order valence-corrected chi connectivity index (χ1v) is 5.28. The van der Waals surface area contributed by atoms with E-state index in [0.717, 1.165) is 0 Å². The van der Waals surface area contributed by atoms with Crippen molar-refractivity contribution in [1.29, 1.82) is 0 Å². The Kier molecular flexibility index (Phi) is 3.57. The Bertz CT molecular complexity index is 237. The monoisotopic (exact) mass is 215 g/mol. The van der Waals surface area contributed by atoms with Crippen molar-refractivity contribution in [1.82, 2.24) is 10.2 Å². The Labute approximate surface area is 90.6 Å². The van der Waals surface area contributed by atoms with Gasteiger partial charge >= 0.3 is 6.03 Å². The number of rotatable bonds is 1. The summed E-state index contributed by atoms with van der Waals surface area (Å²) in [5, 5.41) is 12.0. The highest BCUT2D eigenvalue weighted by molar-refractivity contribution is 5.75. The molecule has 15 heavy (non-hydrogen) atoms. The molecule has 0 aromatic heterocycles. The molecule has 4 N–H and O–H groups in total. The van der Waals surface area contributed by atoms with E-state index in [1.165, 1.54) is 0 Å². The van der Waals surface area contributed by atoms with Gasteiger partial charge in [-0.1, -0.05) is 0 Å². The van der Waals surface area contributed by atoms with Gasteiger partial charge in [0.05, 0.1) is 12.6 Å². The molecule has 2 atom stereocenters. The molecule has 2 amide bonds. The van der Waals surface area contributed by atoms with Crippen LogP contribution in [0.1, 0.15) is 27.2 Å². The van der Waals surface area contributed by atoms with E-state index >= 15 is 0 Å². The average molecular weight is 215 g/mol. The highest BCUT2D eigenvalue weighted by Crippen LogP contribution is 2.16. The summed E-state index contributed by atoms with van der Waals surface area (Å²) >= 11 is 0. The molecule has 0 aromatic rings. The lowest BCUT2D eigenvalue weighted by Crippen LogP contribution is -2.51. The molecule has 1 fully saturated rings. The Morgan fingerprint density at radius 3 is 2.67 bits per heavy atom. The third-order valence-corrected chi connectivity index (χ3v) is 2.40. The van der Waals surface area contributed by atoms with Crippen LogP contribution in [0, 0.1) is 0 Å². The van der Waals surface area contributed by atoms with Crippen LogP contribution in [0.2, 0.25) is 0 Å². The standard InChI is InChI=1S/C10H21N3O2/c1-10(2,3)12-9(15)13-5-7(11)4-8(13)6-14/h7-8,14H,4-6,11H2,1-3H3,(H,12,15)/t7-,8-/m0/s1. The molecule has 1 aliphatic rings. The van der Waals surface area contributed by atoms with Crippen LogP contribution in [0.3, 0.4) is 0 Å². The Hall–Kier alpha value is -0.810. The second-order valence-corrected chi connectivity index (χ2v) is 5.16. The number of hydrogen-bond acceptors (Lipinski definition) is 3. The minimum atomic E-state index is -0.260. The van der Waals surface area contributed by atoms with Crippen molar-refractivity contribution in [3.05, 3.63) is 0 Å². The van der Waals surface area contributed by atoms with Crippen LogP contribution >= 0.6 is 0 Å². The maximum absolute atomic E-state index is 11.8. The van der Waals surface area contributed by atoms with Gasteiger partial charge in [0.2, 0.25) is 0 Å². The van der Waals surface area contributed by atoms with E-state index in [2.05, 4.69) is 5.32 Å². The predicted octanol–water partition coefficient (Wildman–Crippen LogP) is -0.112. The van der Waals surface area contributed by atoms with E-state index in [4.69, 9.17) is 10.8 Å². The number of likely N-dealkylation sites (tertiary alicyclic amines) is 1. The van der Waals surface area contributed by atoms with Crippen LogP contribution in [0.5, 0.6) is 0 Å². The van der Waals surface area contributed by atoms with Gasteiger partial charge in [-0.2, -0.15) is 0 Å². The number of amides is 2. The normalized spacial score (nSPS) is 26.9. The van der Waals surface area contributed by atoms with Gasteiger partial charge in [-0.15, -0.1) is 0 Å². The lowest BCUT2D eigenvalue weighted by atomic mass is 10.1. The number of carbonyl (C=O) groups is 1. The molecule has 0 aromatic carbocycles. The molecule has 0 saturated carbocycles. The second kappa shape index (κ2) is 4.37. The summed E-state index contributed by atoms with van der Waals surface area (Å²) in [4.78, 5) is 13.4. The molecule has 1 saturated heterocycles. The molecule has 0 bridgehead atoms. The van der Waals surface area contributed by atoms with Crippen molar-refractivity contribution in [2.45, 2.75) is 44.8 Å². The minimum Gasteiger partial charge on any atom is -0.394 e. The van der Waals surface area contributed by atoms with Crippen LogP contribution in [0.4, 0.5) is 4.79 Å². The van der Waals surface area contributed by atoms with Gasteiger partial charge in [-0.3, -0.25) is 0 Å². The van der Waals surface area contributed by atoms with Gasteiger partial charge in [-0.25, -0.2) is 4.79 Å². The van der Waals surface area contributed by atoms with Crippen molar-refractivity contribution < 1.29 is 9.90 Å². The Balaban J connectivity index is 2.59. The van der Waals surface area contributed by atoms with Crippen LogP contribution in [-0.4, -0.2) is 46.8 Å². The fourth-order valence-electron chi connectivity index (χ4n) is 1.77. The number of hydrogen-bond donors (Lipinski definition) is 3. The molecule has 0 unspecified atom stereocenters. The molecular weight excluding hydrogens is 194 g/mol. The van der Waals surface area contributed by atoms with Crippen molar-refractivity contribution in [3.63, 3.8) is 0 Å². The van der Waals surface area contributed by atoms with Crippen molar-refractivity contribution >= 4 is 6.03 Å². The molecule has 0 spiro atoms. The maximum Gasteiger partial charge on any atom is 0.318 e. The number of nitrogens with two attached hydrogens (primary N) is 1. The van der Waals surface area contributed by atoms with Crippen LogP contribution in [-0.2, 0) is 0 Å². The van der Waals surface area contributed by atoms with Gasteiger partial charge < -0.3 is 21.1 Å². The van der Waals surface area contributed by atoms with E-state index in [1.54, 1.807) is 4.90 Å². The topological polar surface area (TPSA) is 78.6 Å². The smallest absolute Gasteiger partial charge is 0.318 e. The van der Waals surface area contributed by atoms with Crippen LogP contribution in [0.15, 0.2) is 0 Å². The van der Waals surface area contributed by atoms with E-state index in [9.17, 15) is 4.79 Å². The van der Waals surface area contributed by atoms with E-state index in [1.807, 2.05) is 20.8 Å². The summed E-state index contributed by atoms with van der Waals surface area (Å²) in [5.41, 5.74) is 5.50. The number of aliphatic hydroxyl groups is 1. The number of aliphatic hydroxyl groups excluding tert-OH is 1. The molecule has 1 aliphatic heterocycles. The molecule has 5 heteroatoms. The number of carbonyl (C=O) groups excluding carboxylic acids is 1. The zero-order chi connectivity index (χ0) is 11.6. The average Bonchev–Trinajstić information content (AvgIpc) is 2.43. The summed E-state index contributed by atoms with van der Waals surface area (Å²) in [6.07, 6.45) is 0.675. The molecule has 5 nitrogen and oxygen atoms in total. The Morgan fingerprint density at radius 1 is 1.60 bits per heavy atom. The van der Waals surface area contributed by atoms with Crippen LogP contribution in [0.25, 0.3) is 0 Å². The molecule has 1 rings (SSSR count). The molecule has 0 aliphatic carbocycles. The zero-order valence-corrected chi connectivity index (χ0v) is 9.66. The summed E-state index contributed by atoms with van der Waals surface area (Å²) in [6, 6.07) is -0.301. The van der Waals surface area contributed by atoms with E-state index in [0.29, 0.717) is 13.0 Å². The summed E-state index contributed by atoms with van der Waals surface area (Å²) in [6.45, 7) is 6.27. The fourth-order valence-corrected chi connectivity index (χ4v) is 1.77. The fraction of sp³-hybridized carbons (Fsp3) is 0.900. The highest BCUT2D eigenvalue weighted by atomic mass is 16.3. The van der Waals surface area contributed by atoms with Gasteiger partial charge in [0.15, 0.2) is 0 Å². The number of urea groups is 1. The van der Waals surface area contributed by atoms with Gasteiger partial charge in [0.25, 0.3) is 0 Å². The first-order chi connectivity index (χ1) is 6.83. The number of nitrogens with zero attached hydrogens (tertiary/aromatic N) is 1. The first-order valence-electron chi connectivity index (χ1n) is 5.28. The third-order valence-electron chi connectivity index (χ3n) is 2.40. The Morgan fingerprint density at radius 2 is 2.20 bits per heavy atom. The van der Waals surface area contributed by atoms with Gasteiger partial charge in [0, 0.05) is 18.1 Å². The molecule has 88 valence electrons. The predicted molar refractivity (Wildman–Crippen MR) is 58.5 cm³/mol. The minimum absolute atomic E-state index is 0.0205. The van der Waals surface area contributed by atoms with E-state index in [-0.39, 0.29) is 30.3 Å². The summed E-state index contributed by atoms with van der Waals surface area (Å²) in [5.74, 6) is 0. The molecular formula is C10H21N3O2. The third kappa shape index (κ3) is 3.35. The lowest BCUT2D eigenvalue weighted by molar-refractivity contribution is 0.151. The van der Waals surface area contributed by atoms with Gasteiger partial charge in [0.1, 0.15) is 0 Å². The zero-order valence-electron chi connectivity index (χ0n) is 9.66. The SMILES string of the molecule is CC(C)(C)NC(=O)N1C[C@@H](N)C[C@H]1CO. The number of nitrogens with one attached hydrogen (secondary N) is 1. The summed E-state index contributed by atoms with van der Waals surface area (Å²) < 4.78 is 0. The summed E-state index contributed by atoms with van der Waals surface area (Å²) in [7, 11) is 0. The van der Waals surface area contributed by atoms with Crippen LogP contribution < -0.4 is 11.1 Å². The highest BCUT2D eigenvalue weighted by Gasteiger charge is 2.34. The van der Waals surface area contributed by atoms with E-state index < -0.39 is 0 Å². The first kappa shape index (κ1) is 12.3. The largest absolute Gasteiger partial charge is 0.394 e. The van der Waals surface area contributed by atoms with Gasteiger partial charge in [-0.05, 0) is 27.2 Å². The molecule has 1 heterocycles. The van der Waals surface area contributed by atoms with Crippen molar-refractivity contribution in [3.8, 4) is 0 Å². The maximum atomic E-state index is 11.8. The molecule has 0 radical (unpaired) electrons.